The molecule has 0 aromatic carbocycles. The molecule has 102 valence electrons. The summed E-state index contributed by atoms with van der Waals surface area (Å²) in [5.74, 6) is 1.72. The van der Waals surface area contributed by atoms with Crippen LogP contribution in [-0.4, -0.2) is 34.3 Å². The van der Waals surface area contributed by atoms with Gasteiger partial charge in [-0.3, -0.25) is 0 Å². The van der Waals surface area contributed by atoms with Gasteiger partial charge in [0.2, 0.25) is 5.88 Å². The van der Waals surface area contributed by atoms with Gasteiger partial charge in [0.1, 0.15) is 12.1 Å². The van der Waals surface area contributed by atoms with Crippen LogP contribution in [0.3, 0.4) is 0 Å². The van der Waals surface area contributed by atoms with E-state index in [4.69, 9.17) is 9.84 Å². The van der Waals surface area contributed by atoms with Gasteiger partial charge in [0.25, 0.3) is 0 Å². The maximum Gasteiger partial charge on any atom is 0.218 e. The molecule has 0 aliphatic heterocycles. The molecule has 5 heteroatoms. The third kappa shape index (κ3) is 5.82. The topological polar surface area (TPSA) is 67.3 Å². The van der Waals surface area contributed by atoms with E-state index in [1.165, 1.54) is 6.33 Å². The average molecular weight is 253 g/mol. The third-order valence-corrected chi connectivity index (χ3v) is 2.49. The summed E-state index contributed by atoms with van der Waals surface area (Å²) >= 11 is 0. The predicted octanol–water partition coefficient (Wildman–Crippen LogP) is 2.08. The Hall–Kier alpha value is -1.36. The molecule has 1 rings (SSSR count). The predicted molar refractivity (Wildman–Crippen MR) is 71.8 cm³/mol. The van der Waals surface area contributed by atoms with Crippen molar-refractivity contribution in [1.82, 2.24) is 9.97 Å². The van der Waals surface area contributed by atoms with Crippen molar-refractivity contribution in [3.05, 3.63) is 12.4 Å². The van der Waals surface area contributed by atoms with Crippen LogP contribution >= 0.6 is 0 Å². The first-order chi connectivity index (χ1) is 8.61. The second-order valence-corrected chi connectivity index (χ2v) is 4.76. The number of aromatic nitrogens is 2. The average Bonchev–Trinajstić information content (AvgIpc) is 2.34. The van der Waals surface area contributed by atoms with Crippen LogP contribution in [0, 0.1) is 5.92 Å². The van der Waals surface area contributed by atoms with Gasteiger partial charge >= 0.3 is 0 Å². The number of nitrogens with one attached hydrogen (secondary N) is 1. The molecule has 2 N–H and O–H groups in total. The molecule has 5 nitrogen and oxygen atoms in total. The zero-order valence-corrected chi connectivity index (χ0v) is 11.4. The van der Waals surface area contributed by atoms with E-state index in [1.54, 1.807) is 6.07 Å². The molecule has 0 spiro atoms. The van der Waals surface area contributed by atoms with Crippen molar-refractivity contribution in [2.45, 2.75) is 39.7 Å². The van der Waals surface area contributed by atoms with Gasteiger partial charge in [-0.1, -0.05) is 6.92 Å². The molecule has 0 saturated carbocycles. The van der Waals surface area contributed by atoms with Gasteiger partial charge in [-0.05, 0) is 32.6 Å². The maximum absolute atomic E-state index is 8.91. The van der Waals surface area contributed by atoms with Crippen molar-refractivity contribution >= 4 is 5.82 Å². The Bertz CT molecular complexity index is 345. The number of hydrogen-bond donors (Lipinski definition) is 2. The van der Waals surface area contributed by atoms with E-state index in [9.17, 15) is 0 Å². The lowest BCUT2D eigenvalue weighted by Crippen LogP contribution is -2.09. The normalized spacial score (nSPS) is 12.5. The van der Waals surface area contributed by atoms with Crippen LogP contribution in [0.4, 0.5) is 5.82 Å². The number of aliphatic hydroxyl groups excluding tert-OH is 1. The first-order valence-corrected chi connectivity index (χ1v) is 6.45. The lowest BCUT2D eigenvalue weighted by atomic mass is 10.1. The van der Waals surface area contributed by atoms with Gasteiger partial charge in [0.05, 0.1) is 6.10 Å². The lowest BCUT2D eigenvalue weighted by molar-refractivity contribution is 0.229. The van der Waals surface area contributed by atoms with Gasteiger partial charge in [0, 0.05) is 19.2 Å². The van der Waals surface area contributed by atoms with Crippen molar-refractivity contribution in [2.75, 3.05) is 18.5 Å². The minimum absolute atomic E-state index is 0.109. The fourth-order valence-electron chi connectivity index (χ4n) is 1.50. The summed E-state index contributed by atoms with van der Waals surface area (Å²) in [6.45, 7) is 7.05. The van der Waals surface area contributed by atoms with E-state index in [1.807, 2.05) is 20.8 Å². The van der Waals surface area contributed by atoms with Crippen LogP contribution in [0.25, 0.3) is 0 Å². The summed E-state index contributed by atoms with van der Waals surface area (Å²) in [6.07, 6.45) is 3.62. The van der Waals surface area contributed by atoms with E-state index < -0.39 is 0 Å². The third-order valence-electron chi connectivity index (χ3n) is 2.49. The molecular weight excluding hydrogens is 230 g/mol. The molecule has 1 aromatic rings. The molecule has 0 aliphatic carbocycles. The van der Waals surface area contributed by atoms with Gasteiger partial charge < -0.3 is 15.2 Å². The molecule has 0 amide bonds. The largest absolute Gasteiger partial charge is 0.475 e. The Morgan fingerprint density at radius 1 is 1.33 bits per heavy atom. The van der Waals surface area contributed by atoms with Gasteiger partial charge in [-0.2, -0.15) is 0 Å². The summed E-state index contributed by atoms with van der Waals surface area (Å²) < 4.78 is 5.49. The number of rotatable bonds is 8. The van der Waals surface area contributed by atoms with Gasteiger partial charge in [-0.15, -0.1) is 0 Å². The van der Waals surface area contributed by atoms with Crippen molar-refractivity contribution in [3.8, 4) is 5.88 Å². The molecule has 0 aliphatic rings. The molecule has 18 heavy (non-hydrogen) atoms. The summed E-state index contributed by atoms with van der Waals surface area (Å²) in [4.78, 5) is 8.17. The molecule has 0 bridgehead atoms. The maximum atomic E-state index is 8.91. The fourth-order valence-corrected chi connectivity index (χ4v) is 1.50. The number of aliphatic hydroxyl groups is 1. The van der Waals surface area contributed by atoms with E-state index in [0.717, 1.165) is 25.2 Å². The quantitative estimate of drug-likeness (QED) is 0.694. The van der Waals surface area contributed by atoms with E-state index in [0.29, 0.717) is 11.8 Å². The molecule has 0 saturated heterocycles. The molecule has 1 aromatic heterocycles. The van der Waals surface area contributed by atoms with Crippen molar-refractivity contribution in [2.24, 2.45) is 5.92 Å². The van der Waals surface area contributed by atoms with Crippen molar-refractivity contribution in [1.29, 1.82) is 0 Å². The number of hydrogen-bond acceptors (Lipinski definition) is 5. The molecular formula is C13H23N3O2. The standard InChI is InChI=1S/C13H23N3O2/c1-10(2)18-13-7-12(15-9-16-13)14-6-4-5-11(3)8-17/h7,9-11,17H,4-6,8H2,1-3H3,(H,14,15,16). The van der Waals surface area contributed by atoms with Crippen molar-refractivity contribution < 1.29 is 9.84 Å². The smallest absolute Gasteiger partial charge is 0.218 e. The summed E-state index contributed by atoms with van der Waals surface area (Å²) in [7, 11) is 0. The van der Waals surface area contributed by atoms with E-state index in [-0.39, 0.29) is 12.7 Å². The SMILES string of the molecule is CC(CO)CCCNc1cc(OC(C)C)ncn1. The molecule has 0 radical (unpaired) electrons. The number of ether oxygens (including phenoxy) is 1. The minimum atomic E-state index is 0.109. The summed E-state index contributed by atoms with van der Waals surface area (Å²) in [6, 6.07) is 1.80. The van der Waals surface area contributed by atoms with Crippen LogP contribution in [0.5, 0.6) is 5.88 Å². The molecule has 0 fully saturated rings. The number of anilines is 1. The highest BCUT2D eigenvalue weighted by Crippen LogP contribution is 2.13. The highest BCUT2D eigenvalue weighted by molar-refractivity contribution is 5.36. The second-order valence-electron chi connectivity index (χ2n) is 4.76. The van der Waals surface area contributed by atoms with Gasteiger partial charge in [0.15, 0.2) is 0 Å². The summed E-state index contributed by atoms with van der Waals surface area (Å²) in [5, 5.41) is 12.1. The Morgan fingerprint density at radius 2 is 2.11 bits per heavy atom. The zero-order chi connectivity index (χ0) is 13.4. The molecule has 1 atom stereocenters. The Kier molecular flexibility index (Phi) is 6.43. The first kappa shape index (κ1) is 14.7. The summed E-state index contributed by atoms with van der Waals surface area (Å²) in [5.41, 5.74) is 0. The van der Waals surface area contributed by atoms with Crippen LogP contribution in [0.15, 0.2) is 12.4 Å². The van der Waals surface area contributed by atoms with E-state index >= 15 is 0 Å². The van der Waals surface area contributed by atoms with Gasteiger partial charge in [-0.25, -0.2) is 9.97 Å². The van der Waals surface area contributed by atoms with Crippen LogP contribution < -0.4 is 10.1 Å². The Morgan fingerprint density at radius 3 is 2.78 bits per heavy atom. The Labute approximate surface area is 109 Å². The van der Waals surface area contributed by atoms with Crippen LogP contribution in [-0.2, 0) is 0 Å². The monoisotopic (exact) mass is 253 g/mol. The number of nitrogens with zero attached hydrogens (tertiary/aromatic N) is 2. The highest BCUT2D eigenvalue weighted by atomic mass is 16.5. The minimum Gasteiger partial charge on any atom is -0.475 e. The van der Waals surface area contributed by atoms with Crippen LogP contribution in [0.1, 0.15) is 33.6 Å². The molecule has 1 heterocycles. The van der Waals surface area contributed by atoms with Crippen LogP contribution in [0.2, 0.25) is 0 Å². The van der Waals surface area contributed by atoms with E-state index in [2.05, 4.69) is 15.3 Å². The zero-order valence-electron chi connectivity index (χ0n) is 11.4. The molecule has 1 unspecified atom stereocenters. The first-order valence-electron chi connectivity index (χ1n) is 6.45. The lowest BCUT2D eigenvalue weighted by Gasteiger charge is -2.11. The van der Waals surface area contributed by atoms with Crippen molar-refractivity contribution in [3.63, 3.8) is 0 Å². The highest BCUT2D eigenvalue weighted by Gasteiger charge is 2.02. The Balaban J connectivity index is 2.33. The second kappa shape index (κ2) is 7.87. The fraction of sp³-hybridized carbons (Fsp3) is 0.692.